The number of hydrogen-bond donors (Lipinski definition) is 2. The van der Waals surface area contributed by atoms with E-state index >= 15 is 0 Å². The van der Waals surface area contributed by atoms with Crippen molar-refractivity contribution in [3.63, 3.8) is 0 Å². The van der Waals surface area contributed by atoms with Crippen molar-refractivity contribution in [2.75, 3.05) is 11.9 Å². The van der Waals surface area contributed by atoms with Crippen LogP contribution >= 0.6 is 0 Å². The van der Waals surface area contributed by atoms with Crippen LogP contribution in [0.5, 0.6) is 5.75 Å². The highest BCUT2D eigenvalue weighted by molar-refractivity contribution is 5.93. The van der Waals surface area contributed by atoms with E-state index in [1.807, 2.05) is 55.5 Å². The van der Waals surface area contributed by atoms with Gasteiger partial charge in [-0.2, -0.15) is 0 Å². The summed E-state index contributed by atoms with van der Waals surface area (Å²) >= 11 is 0. The third-order valence-corrected chi connectivity index (χ3v) is 5.96. The maximum absolute atomic E-state index is 12.7. The standard InChI is InChI=1S/C29H27N3O2/c1-2-34-27-16-8-7-15-25(27)31-28(33)17-9-12-22-21-11-4-6-14-24(21)32-29(22)26-19-18-20-10-3-5-13-23(20)30-26/h3-8,10-11,13-16,18-19,32H,2,9,12,17H2,1H3,(H,31,33). The number of pyridine rings is 1. The van der Waals surface area contributed by atoms with Gasteiger partial charge in [-0.15, -0.1) is 0 Å². The van der Waals surface area contributed by atoms with Crippen molar-refractivity contribution in [2.24, 2.45) is 0 Å². The van der Waals surface area contributed by atoms with Gasteiger partial charge >= 0.3 is 0 Å². The van der Waals surface area contributed by atoms with Gasteiger partial charge in [-0.3, -0.25) is 4.79 Å². The van der Waals surface area contributed by atoms with E-state index in [0.29, 0.717) is 24.5 Å². The van der Waals surface area contributed by atoms with Crippen LogP contribution in [0.3, 0.4) is 0 Å². The number of benzene rings is 3. The van der Waals surface area contributed by atoms with E-state index in [0.717, 1.165) is 40.6 Å². The zero-order chi connectivity index (χ0) is 23.3. The second-order valence-corrected chi connectivity index (χ2v) is 8.24. The largest absolute Gasteiger partial charge is 0.492 e. The Balaban J connectivity index is 1.36. The van der Waals surface area contributed by atoms with E-state index < -0.39 is 0 Å². The fraction of sp³-hybridized carbons (Fsp3) is 0.172. The summed E-state index contributed by atoms with van der Waals surface area (Å²) in [7, 11) is 0. The summed E-state index contributed by atoms with van der Waals surface area (Å²) in [5.74, 6) is 0.678. The van der Waals surface area contributed by atoms with Crippen LogP contribution in [0.15, 0.2) is 84.9 Å². The number of nitrogens with zero attached hydrogens (tertiary/aromatic N) is 1. The molecule has 2 N–H and O–H groups in total. The van der Waals surface area contributed by atoms with E-state index in [9.17, 15) is 4.79 Å². The molecular formula is C29H27N3O2. The first-order chi connectivity index (χ1) is 16.7. The van der Waals surface area contributed by atoms with Gasteiger partial charge < -0.3 is 15.0 Å². The minimum atomic E-state index is -0.0163. The highest BCUT2D eigenvalue weighted by atomic mass is 16.5. The van der Waals surface area contributed by atoms with E-state index in [-0.39, 0.29) is 5.91 Å². The first-order valence-electron chi connectivity index (χ1n) is 11.7. The zero-order valence-electron chi connectivity index (χ0n) is 19.2. The number of hydrogen-bond acceptors (Lipinski definition) is 3. The zero-order valence-corrected chi connectivity index (χ0v) is 19.2. The molecule has 1 amide bonds. The molecule has 0 fully saturated rings. The predicted molar refractivity (Wildman–Crippen MR) is 138 cm³/mol. The number of anilines is 1. The molecule has 0 atom stereocenters. The summed E-state index contributed by atoms with van der Waals surface area (Å²) in [4.78, 5) is 21.1. The van der Waals surface area contributed by atoms with Crippen molar-refractivity contribution < 1.29 is 9.53 Å². The van der Waals surface area contributed by atoms with Crippen LogP contribution in [0.25, 0.3) is 33.2 Å². The molecule has 5 heteroatoms. The van der Waals surface area contributed by atoms with Gasteiger partial charge in [0, 0.05) is 22.7 Å². The summed E-state index contributed by atoms with van der Waals surface area (Å²) in [6.07, 6.45) is 1.92. The lowest BCUT2D eigenvalue weighted by Gasteiger charge is -2.11. The Morgan fingerprint density at radius 2 is 1.74 bits per heavy atom. The molecular weight excluding hydrogens is 422 g/mol. The second kappa shape index (κ2) is 9.79. The molecule has 0 saturated heterocycles. The molecule has 0 spiro atoms. The van der Waals surface area contributed by atoms with Gasteiger partial charge in [-0.05, 0) is 55.7 Å². The van der Waals surface area contributed by atoms with Gasteiger partial charge in [-0.25, -0.2) is 4.98 Å². The maximum atomic E-state index is 12.7. The molecule has 0 aliphatic carbocycles. The van der Waals surface area contributed by atoms with Crippen molar-refractivity contribution in [1.82, 2.24) is 9.97 Å². The fourth-order valence-electron chi connectivity index (χ4n) is 4.37. The van der Waals surface area contributed by atoms with E-state index in [2.05, 4.69) is 46.7 Å². The number of ether oxygens (including phenoxy) is 1. The molecule has 0 aliphatic heterocycles. The number of aromatic nitrogens is 2. The highest BCUT2D eigenvalue weighted by Gasteiger charge is 2.15. The van der Waals surface area contributed by atoms with Crippen LogP contribution in [-0.2, 0) is 11.2 Å². The van der Waals surface area contributed by atoms with Crippen LogP contribution in [0.2, 0.25) is 0 Å². The molecule has 34 heavy (non-hydrogen) atoms. The number of nitrogens with one attached hydrogen (secondary N) is 2. The number of para-hydroxylation sites is 4. The van der Waals surface area contributed by atoms with Gasteiger partial charge in [-0.1, -0.05) is 54.6 Å². The molecule has 0 saturated carbocycles. The summed E-state index contributed by atoms with van der Waals surface area (Å²) in [5.41, 5.74) is 5.90. The lowest BCUT2D eigenvalue weighted by Crippen LogP contribution is -2.12. The minimum absolute atomic E-state index is 0.0163. The first kappa shape index (κ1) is 21.7. The second-order valence-electron chi connectivity index (χ2n) is 8.24. The summed E-state index contributed by atoms with van der Waals surface area (Å²) in [6.45, 7) is 2.49. The number of aryl methyl sites for hydroxylation is 1. The Bertz CT molecular complexity index is 1450. The van der Waals surface area contributed by atoms with E-state index in [4.69, 9.17) is 9.72 Å². The fourth-order valence-corrected chi connectivity index (χ4v) is 4.37. The molecule has 0 unspecified atom stereocenters. The highest BCUT2D eigenvalue weighted by Crippen LogP contribution is 2.32. The molecule has 5 rings (SSSR count). The number of carbonyl (C=O) groups excluding carboxylic acids is 1. The number of fused-ring (bicyclic) bond motifs is 2. The Labute approximate surface area is 198 Å². The minimum Gasteiger partial charge on any atom is -0.492 e. The van der Waals surface area contributed by atoms with Crippen LogP contribution in [0.1, 0.15) is 25.3 Å². The summed E-state index contributed by atoms with van der Waals surface area (Å²) in [5, 5.41) is 5.29. The monoisotopic (exact) mass is 449 g/mol. The number of H-pyrrole nitrogens is 1. The predicted octanol–water partition coefficient (Wildman–Crippen LogP) is 6.74. The third kappa shape index (κ3) is 4.50. The van der Waals surface area contributed by atoms with Gasteiger partial charge in [0.15, 0.2) is 0 Å². The quantitative estimate of drug-likeness (QED) is 0.276. The van der Waals surface area contributed by atoms with Crippen LogP contribution in [0, 0.1) is 0 Å². The van der Waals surface area contributed by atoms with Gasteiger partial charge in [0.2, 0.25) is 5.91 Å². The van der Waals surface area contributed by atoms with Crippen molar-refractivity contribution in [3.05, 3.63) is 90.5 Å². The van der Waals surface area contributed by atoms with Gasteiger partial charge in [0.25, 0.3) is 0 Å². The Morgan fingerprint density at radius 3 is 2.65 bits per heavy atom. The van der Waals surface area contributed by atoms with Crippen molar-refractivity contribution in [2.45, 2.75) is 26.2 Å². The average molecular weight is 450 g/mol. The van der Waals surface area contributed by atoms with E-state index in [1.165, 1.54) is 10.9 Å². The van der Waals surface area contributed by atoms with Crippen molar-refractivity contribution in [3.8, 4) is 17.1 Å². The normalized spacial score (nSPS) is 11.1. The smallest absolute Gasteiger partial charge is 0.224 e. The first-order valence-corrected chi connectivity index (χ1v) is 11.7. The lowest BCUT2D eigenvalue weighted by atomic mass is 10.0. The average Bonchev–Trinajstić information content (AvgIpc) is 3.24. The summed E-state index contributed by atoms with van der Waals surface area (Å²) in [6, 6.07) is 28.1. The SMILES string of the molecule is CCOc1ccccc1NC(=O)CCCc1c(-c2ccc3ccccc3n2)[nH]c2ccccc12. The van der Waals surface area contributed by atoms with Gasteiger partial charge in [0.1, 0.15) is 5.75 Å². The molecule has 5 nitrogen and oxygen atoms in total. The van der Waals surface area contributed by atoms with Crippen LogP contribution < -0.4 is 10.1 Å². The third-order valence-electron chi connectivity index (χ3n) is 5.96. The number of rotatable bonds is 8. The van der Waals surface area contributed by atoms with E-state index in [1.54, 1.807) is 0 Å². The number of aromatic amines is 1. The molecule has 2 heterocycles. The molecule has 5 aromatic rings. The Kier molecular flexibility index (Phi) is 6.25. The Hall–Kier alpha value is -4.12. The van der Waals surface area contributed by atoms with Gasteiger partial charge in [0.05, 0.1) is 29.2 Å². The van der Waals surface area contributed by atoms with Crippen LogP contribution in [0.4, 0.5) is 5.69 Å². The molecule has 0 aliphatic rings. The molecule has 3 aromatic carbocycles. The topological polar surface area (TPSA) is 67.0 Å². The molecule has 0 bridgehead atoms. The molecule has 2 aromatic heterocycles. The number of carbonyl (C=O) groups is 1. The Morgan fingerprint density at radius 1 is 0.941 bits per heavy atom. The lowest BCUT2D eigenvalue weighted by molar-refractivity contribution is -0.116. The van der Waals surface area contributed by atoms with Crippen LogP contribution in [-0.4, -0.2) is 22.5 Å². The maximum Gasteiger partial charge on any atom is 0.224 e. The molecule has 0 radical (unpaired) electrons. The number of amides is 1. The molecule has 170 valence electrons. The van der Waals surface area contributed by atoms with Crippen molar-refractivity contribution >= 4 is 33.4 Å². The van der Waals surface area contributed by atoms with Crippen molar-refractivity contribution in [1.29, 1.82) is 0 Å². The summed E-state index contributed by atoms with van der Waals surface area (Å²) < 4.78 is 5.62.